The summed E-state index contributed by atoms with van der Waals surface area (Å²) in [6, 6.07) is 14.9. The van der Waals surface area contributed by atoms with E-state index < -0.39 is 0 Å². The van der Waals surface area contributed by atoms with Crippen molar-refractivity contribution in [2.75, 3.05) is 7.11 Å². The lowest BCUT2D eigenvalue weighted by Crippen LogP contribution is -2.42. The number of fused-ring (bicyclic) bond motifs is 1. The summed E-state index contributed by atoms with van der Waals surface area (Å²) >= 11 is 0. The van der Waals surface area contributed by atoms with Gasteiger partial charge in [-0.3, -0.25) is 0 Å². The molecule has 0 N–H and O–H groups in total. The van der Waals surface area contributed by atoms with E-state index in [1.54, 1.807) is 7.11 Å². The van der Waals surface area contributed by atoms with Gasteiger partial charge in [-0.25, -0.2) is 8.96 Å². The van der Waals surface area contributed by atoms with E-state index in [1.807, 2.05) is 24.3 Å². The highest BCUT2D eigenvalue weighted by molar-refractivity contribution is 5.56. The minimum atomic E-state index is -0.202. The molecule has 0 bridgehead atoms. The Morgan fingerprint density at radius 1 is 1.00 bits per heavy atom. The van der Waals surface area contributed by atoms with E-state index in [2.05, 4.69) is 27.5 Å². The standard InChI is InChI=1S/C20H20FN2O/c1-24-18-11-9-17(10-12-18)23-14-19(15-5-7-16(21)8-6-15)22-13-3-2-4-20(22)23/h5-12,14H,2-4,13H2,1H3/q+1. The van der Waals surface area contributed by atoms with Crippen LogP contribution in [0.1, 0.15) is 18.7 Å². The maximum atomic E-state index is 13.3. The van der Waals surface area contributed by atoms with Crippen LogP contribution in [-0.2, 0) is 13.0 Å². The molecule has 0 spiro atoms. The van der Waals surface area contributed by atoms with Crippen LogP contribution in [0.15, 0.2) is 54.7 Å². The van der Waals surface area contributed by atoms with Crippen molar-refractivity contribution < 1.29 is 13.7 Å². The van der Waals surface area contributed by atoms with Crippen LogP contribution in [0.5, 0.6) is 5.75 Å². The van der Waals surface area contributed by atoms with Crippen LogP contribution in [0.4, 0.5) is 4.39 Å². The first-order valence-corrected chi connectivity index (χ1v) is 8.31. The molecule has 0 radical (unpaired) electrons. The van der Waals surface area contributed by atoms with Gasteiger partial charge in [-0.15, -0.1) is 0 Å². The van der Waals surface area contributed by atoms with Gasteiger partial charge in [-0.2, -0.15) is 4.57 Å². The van der Waals surface area contributed by atoms with Crippen molar-refractivity contribution in [1.82, 2.24) is 4.57 Å². The Morgan fingerprint density at radius 3 is 2.46 bits per heavy atom. The second-order valence-corrected chi connectivity index (χ2v) is 6.11. The summed E-state index contributed by atoms with van der Waals surface area (Å²) in [6.45, 7) is 1.01. The second kappa shape index (κ2) is 6.11. The van der Waals surface area contributed by atoms with E-state index in [4.69, 9.17) is 4.74 Å². The Morgan fingerprint density at radius 2 is 1.75 bits per heavy atom. The molecule has 24 heavy (non-hydrogen) atoms. The SMILES string of the molecule is COc1ccc(-n2cc(-c3ccc(F)cc3)[n+]3c2CCCC3)cc1. The number of benzene rings is 2. The molecule has 0 unspecified atom stereocenters. The van der Waals surface area contributed by atoms with E-state index in [-0.39, 0.29) is 5.82 Å². The molecule has 3 nitrogen and oxygen atoms in total. The van der Waals surface area contributed by atoms with Gasteiger partial charge in [0, 0.05) is 12.0 Å². The average molecular weight is 323 g/mol. The summed E-state index contributed by atoms with van der Waals surface area (Å²) in [5.74, 6) is 1.95. The molecule has 4 rings (SSSR count). The van der Waals surface area contributed by atoms with Crippen molar-refractivity contribution in [3.8, 4) is 22.7 Å². The third kappa shape index (κ3) is 2.58. The molecule has 1 aliphatic rings. The molecule has 0 fully saturated rings. The summed E-state index contributed by atoms with van der Waals surface area (Å²) in [6.07, 6.45) is 5.59. The van der Waals surface area contributed by atoms with Gasteiger partial charge in [0.1, 0.15) is 23.5 Å². The summed E-state index contributed by atoms with van der Waals surface area (Å²) in [7, 11) is 1.68. The number of aromatic nitrogens is 2. The molecule has 0 aliphatic carbocycles. The molecule has 0 saturated heterocycles. The zero-order chi connectivity index (χ0) is 16.5. The normalized spacial score (nSPS) is 13.6. The van der Waals surface area contributed by atoms with Crippen molar-refractivity contribution >= 4 is 0 Å². The highest BCUT2D eigenvalue weighted by atomic mass is 19.1. The average Bonchev–Trinajstić information content (AvgIpc) is 3.02. The van der Waals surface area contributed by atoms with Crippen LogP contribution in [0.25, 0.3) is 16.9 Å². The molecule has 122 valence electrons. The minimum Gasteiger partial charge on any atom is -0.497 e. The molecule has 1 aromatic heterocycles. The van der Waals surface area contributed by atoms with E-state index in [0.717, 1.165) is 35.7 Å². The zero-order valence-corrected chi connectivity index (χ0v) is 13.7. The predicted octanol–water partition coefficient (Wildman–Crippen LogP) is 3.92. The number of halogens is 1. The van der Waals surface area contributed by atoms with Crippen LogP contribution >= 0.6 is 0 Å². The Kier molecular flexibility index (Phi) is 3.81. The molecule has 1 aliphatic heterocycles. The first-order valence-electron chi connectivity index (χ1n) is 8.31. The van der Waals surface area contributed by atoms with E-state index in [1.165, 1.54) is 30.8 Å². The molecule has 3 aromatic rings. The van der Waals surface area contributed by atoms with Gasteiger partial charge in [0.25, 0.3) is 5.82 Å². The Hall–Kier alpha value is -2.62. The van der Waals surface area contributed by atoms with Gasteiger partial charge in [0.2, 0.25) is 0 Å². The molecule has 0 amide bonds. The molecule has 2 aromatic carbocycles. The zero-order valence-electron chi connectivity index (χ0n) is 13.7. The Labute approximate surface area is 140 Å². The van der Waals surface area contributed by atoms with E-state index in [9.17, 15) is 4.39 Å². The van der Waals surface area contributed by atoms with E-state index in [0.29, 0.717) is 0 Å². The molecule has 0 saturated carbocycles. The van der Waals surface area contributed by atoms with Crippen molar-refractivity contribution in [1.29, 1.82) is 0 Å². The summed E-state index contributed by atoms with van der Waals surface area (Å²) in [5, 5.41) is 0. The largest absolute Gasteiger partial charge is 0.497 e. The van der Waals surface area contributed by atoms with Crippen LogP contribution in [-0.4, -0.2) is 11.7 Å². The highest BCUT2D eigenvalue weighted by Crippen LogP contribution is 2.25. The van der Waals surface area contributed by atoms with Crippen molar-refractivity contribution in [2.45, 2.75) is 25.8 Å². The van der Waals surface area contributed by atoms with Crippen molar-refractivity contribution in [2.24, 2.45) is 0 Å². The maximum Gasteiger partial charge on any atom is 0.262 e. The minimum absolute atomic E-state index is 0.202. The van der Waals surface area contributed by atoms with Crippen molar-refractivity contribution in [3.63, 3.8) is 0 Å². The number of hydrogen-bond donors (Lipinski definition) is 0. The topological polar surface area (TPSA) is 18.0 Å². The van der Waals surface area contributed by atoms with Gasteiger partial charge in [-0.05, 0) is 61.4 Å². The van der Waals surface area contributed by atoms with Gasteiger partial charge >= 0.3 is 0 Å². The quantitative estimate of drug-likeness (QED) is 0.668. The number of rotatable bonds is 3. The second-order valence-electron chi connectivity index (χ2n) is 6.11. The molecular formula is C20H20FN2O+. The first kappa shape index (κ1) is 14.9. The Balaban J connectivity index is 1.84. The van der Waals surface area contributed by atoms with Crippen LogP contribution in [0, 0.1) is 5.82 Å². The number of ether oxygens (including phenoxy) is 1. The van der Waals surface area contributed by atoms with Gasteiger partial charge in [0.15, 0.2) is 5.69 Å². The molecule has 4 heteroatoms. The molecule has 2 heterocycles. The number of hydrogen-bond acceptors (Lipinski definition) is 1. The lowest BCUT2D eigenvalue weighted by Gasteiger charge is -2.11. The van der Waals surface area contributed by atoms with Crippen LogP contribution in [0.2, 0.25) is 0 Å². The van der Waals surface area contributed by atoms with Crippen molar-refractivity contribution in [3.05, 3.63) is 66.4 Å². The third-order valence-electron chi connectivity index (χ3n) is 4.65. The van der Waals surface area contributed by atoms with Crippen LogP contribution in [0.3, 0.4) is 0 Å². The molecular weight excluding hydrogens is 303 g/mol. The lowest BCUT2D eigenvalue weighted by molar-refractivity contribution is -0.698. The van der Waals surface area contributed by atoms with Gasteiger partial charge in [0.05, 0.1) is 13.7 Å². The summed E-state index contributed by atoms with van der Waals surface area (Å²) in [4.78, 5) is 0. The Bertz CT molecular complexity index is 851. The maximum absolute atomic E-state index is 13.3. The fourth-order valence-electron chi connectivity index (χ4n) is 3.41. The fourth-order valence-corrected chi connectivity index (χ4v) is 3.41. The van der Waals surface area contributed by atoms with Gasteiger partial charge < -0.3 is 4.74 Å². The predicted molar refractivity (Wildman–Crippen MR) is 90.8 cm³/mol. The monoisotopic (exact) mass is 323 g/mol. The summed E-state index contributed by atoms with van der Waals surface area (Å²) < 4.78 is 23.1. The van der Waals surface area contributed by atoms with Gasteiger partial charge in [-0.1, -0.05) is 0 Å². The number of imidazole rings is 1. The highest BCUT2D eigenvalue weighted by Gasteiger charge is 2.27. The molecule has 0 atom stereocenters. The fraction of sp³-hybridized carbons (Fsp3) is 0.250. The third-order valence-corrected chi connectivity index (χ3v) is 4.65. The lowest BCUT2D eigenvalue weighted by atomic mass is 10.1. The first-order chi connectivity index (χ1) is 11.8. The summed E-state index contributed by atoms with van der Waals surface area (Å²) in [5.41, 5.74) is 3.31. The number of methoxy groups -OCH3 is 1. The number of nitrogens with zero attached hydrogens (tertiary/aromatic N) is 2. The smallest absolute Gasteiger partial charge is 0.262 e. The van der Waals surface area contributed by atoms with Crippen LogP contribution < -0.4 is 9.30 Å². The van der Waals surface area contributed by atoms with E-state index >= 15 is 0 Å².